The van der Waals surface area contributed by atoms with E-state index in [9.17, 15) is 10.1 Å². The van der Waals surface area contributed by atoms with E-state index >= 15 is 0 Å². The van der Waals surface area contributed by atoms with Crippen molar-refractivity contribution >= 4 is 5.69 Å². The first-order chi connectivity index (χ1) is 7.51. The number of hydroxylamine groups is 1. The fourth-order valence-corrected chi connectivity index (χ4v) is 1.74. The molecule has 0 aromatic heterocycles. The van der Waals surface area contributed by atoms with Crippen molar-refractivity contribution in [3.05, 3.63) is 51.8 Å². The number of nitrogens with one attached hydrogen (secondary N) is 1. The van der Waals surface area contributed by atoms with Crippen molar-refractivity contribution in [3.8, 4) is 0 Å². The van der Waals surface area contributed by atoms with E-state index in [1.54, 1.807) is 12.1 Å². The average molecular weight is 220 g/mol. The van der Waals surface area contributed by atoms with E-state index < -0.39 is 10.5 Å². The van der Waals surface area contributed by atoms with Gasteiger partial charge in [0.25, 0.3) is 5.69 Å². The first-order valence-corrected chi connectivity index (χ1v) is 4.90. The number of rotatable bonds is 2. The maximum absolute atomic E-state index is 10.7. The maximum atomic E-state index is 10.7. The van der Waals surface area contributed by atoms with E-state index in [1.165, 1.54) is 6.07 Å². The summed E-state index contributed by atoms with van der Waals surface area (Å²) in [6.07, 6.45) is 1.89. The molecule has 1 aliphatic heterocycles. The lowest BCUT2D eigenvalue weighted by molar-refractivity contribution is -0.385. The summed E-state index contributed by atoms with van der Waals surface area (Å²) < 4.78 is 0. The molecule has 1 atom stereocenters. The third kappa shape index (κ3) is 1.77. The van der Waals surface area contributed by atoms with Crippen LogP contribution >= 0.6 is 0 Å². The van der Waals surface area contributed by atoms with Gasteiger partial charge in [0.2, 0.25) is 0 Å². The molecule has 1 heterocycles. The molecule has 2 rings (SSSR count). The normalized spacial score (nSPS) is 23.8. The Morgan fingerprint density at radius 1 is 1.50 bits per heavy atom. The Morgan fingerprint density at radius 3 is 2.81 bits per heavy atom. The van der Waals surface area contributed by atoms with Crippen molar-refractivity contribution in [2.24, 2.45) is 0 Å². The van der Waals surface area contributed by atoms with Crippen molar-refractivity contribution in [2.75, 3.05) is 0 Å². The number of non-ortho nitro benzene ring substituents is 1. The van der Waals surface area contributed by atoms with Gasteiger partial charge in [0, 0.05) is 12.1 Å². The number of nitrogens with zero attached hydrogens (tertiary/aromatic N) is 1. The van der Waals surface area contributed by atoms with E-state index in [1.807, 2.05) is 26.0 Å². The predicted octanol–water partition coefficient (Wildman–Crippen LogP) is 2.25. The first kappa shape index (κ1) is 10.6. The summed E-state index contributed by atoms with van der Waals surface area (Å²) in [6, 6.07) is 6.52. The summed E-state index contributed by atoms with van der Waals surface area (Å²) in [5.41, 5.74) is 3.23. The van der Waals surface area contributed by atoms with Crippen LogP contribution in [0.4, 0.5) is 5.69 Å². The van der Waals surface area contributed by atoms with Crippen LogP contribution in [0.1, 0.15) is 19.4 Å². The minimum Gasteiger partial charge on any atom is -0.413 e. The van der Waals surface area contributed by atoms with Gasteiger partial charge in [-0.25, -0.2) is 0 Å². The van der Waals surface area contributed by atoms with Crippen LogP contribution in [0.15, 0.2) is 36.1 Å². The van der Waals surface area contributed by atoms with Crippen molar-refractivity contribution < 1.29 is 9.76 Å². The zero-order valence-corrected chi connectivity index (χ0v) is 9.06. The number of hydrogen-bond donors (Lipinski definition) is 1. The lowest BCUT2D eigenvalue weighted by Gasteiger charge is -2.20. The van der Waals surface area contributed by atoms with E-state index in [0.29, 0.717) is 0 Å². The fraction of sp³-hybridized carbons (Fsp3) is 0.273. The zero-order valence-electron chi connectivity index (χ0n) is 9.06. The van der Waals surface area contributed by atoms with Gasteiger partial charge in [-0.05, 0) is 25.5 Å². The fourth-order valence-electron chi connectivity index (χ4n) is 1.74. The number of benzene rings is 1. The van der Waals surface area contributed by atoms with Crippen molar-refractivity contribution in [2.45, 2.75) is 19.4 Å². The topological polar surface area (TPSA) is 64.4 Å². The first-order valence-electron chi connectivity index (χ1n) is 4.90. The molecular weight excluding hydrogens is 208 g/mol. The van der Waals surface area contributed by atoms with Crippen molar-refractivity contribution in [1.82, 2.24) is 5.48 Å². The van der Waals surface area contributed by atoms with Crippen LogP contribution < -0.4 is 5.48 Å². The molecule has 0 fully saturated rings. The van der Waals surface area contributed by atoms with Crippen LogP contribution in [0.5, 0.6) is 0 Å². The second kappa shape index (κ2) is 3.61. The maximum Gasteiger partial charge on any atom is 0.269 e. The third-order valence-electron chi connectivity index (χ3n) is 2.57. The second-order valence-corrected chi connectivity index (χ2v) is 3.97. The molecular formula is C11H12N2O3. The highest BCUT2D eigenvalue weighted by atomic mass is 16.7. The molecule has 1 aromatic rings. The van der Waals surface area contributed by atoms with Gasteiger partial charge in [0.15, 0.2) is 0 Å². The quantitative estimate of drug-likeness (QED) is 0.613. The zero-order chi connectivity index (χ0) is 11.8. The van der Waals surface area contributed by atoms with Gasteiger partial charge in [-0.3, -0.25) is 10.1 Å². The summed E-state index contributed by atoms with van der Waals surface area (Å²) in [6.45, 7) is 3.73. The van der Waals surface area contributed by atoms with Gasteiger partial charge >= 0.3 is 0 Å². The summed E-state index contributed by atoms with van der Waals surface area (Å²) >= 11 is 0. The highest BCUT2D eigenvalue weighted by Gasteiger charge is 2.31. The number of hydrogen-bond acceptors (Lipinski definition) is 4. The molecule has 0 bridgehead atoms. The summed E-state index contributed by atoms with van der Waals surface area (Å²) in [4.78, 5) is 15.4. The lowest BCUT2D eigenvalue weighted by Crippen LogP contribution is -2.32. The molecule has 1 unspecified atom stereocenters. The molecule has 0 aliphatic carbocycles. The van der Waals surface area contributed by atoms with E-state index in [4.69, 9.17) is 4.84 Å². The van der Waals surface area contributed by atoms with Crippen LogP contribution in [0.25, 0.3) is 0 Å². The molecule has 0 radical (unpaired) electrons. The standard InChI is InChI=1S/C11H12N2O3/c1-8-7-11(2,12-16-8)9-4-3-5-10(6-9)13(14)15/h3-7,12H,1-2H3. The van der Waals surface area contributed by atoms with Crippen LogP contribution in [-0.4, -0.2) is 4.92 Å². The smallest absolute Gasteiger partial charge is 0.269 e. The van der Waals surface area contributed by atoms with Gasteiger partial charge in [0.1, 0.15) is 5.76 Å². The highest BCUT2D eigenvalue weighted by Crippen LogP contribution is 2.30. The minimum atomic E-state index is -0.504. The number of nitro benzene ring substituents is 1. The molecule has 16 heavy (non-hydrogen) atoms. The van der Waals surface area contributed by atoms with E-state index in [2.05, 4.69) is 5.48 Å². The Morgan fingerprint density at radius 2 is 2.25 bits per heavy atom. The molecule has 5 heteroatoms. The Hall–Kier alpha value is -1.88. The molecule has 1 aliphatic rings. The minimum absolute atomic E-state index is 0.0819. The molecule has 0 saturated heterocycles. The molecule has 5 nitrogen and oxygen atoms in total. The van der Waals surface area contributed by atoms with Crippen molar-refractivity contribution in [1.29, 1.82) is 0 Å². The van der Waals surface area contributed by atoms with Crippen molar-refractivity contribution in [3.63, 3.8) is 0 Å². The van der Waals surface area contributed by atoms with E-state index in [-0.39, 0.29) is 5.69 Å². The number of nitro groups is 1. The van der Waals surface area contributed by atoms with Gasteiger partial charge in [0.05, 0.1) is 10.5 Å². The number of allylic oxidation sites excluding steroid dienone is 1. The Bertz CT molecular complexity index is 470. The monoisotopic (exact) mass is 220 g/mol. The van der Waals surface area contributed by atoms with Gasteiger partial charge in [-0.1, -0.05) is 12.1 Å². The second-order valence-electron chi connectivity index (χ2n) is 3.97. The summed E-state index contributed by atoms with van der Waals surface area (Å²) in [5.74, 6) is 0.758. The molecule has 0 spiro atoms. The molecule has 1 aromatic carbocycles. The molecule has 84 valence electrons. The third-order valence-corrected chi connectivity index (χ3v) is 2.57. The Kier molecular flexibility index (Phi) is 2.40. The molecule has 0 amide bonds. The molecule has 0 saturated carbocycles. The summed E-state index contributed by atoms with van der Waals surface area (Å²) in [7, 11) is 0. The van der Waals surface area contributed by atoms with Crippen LogP contribution in [0, 0.1) is 10.1 Å². The van der Waals surface area contributed by atoms with Crippen LogP contribution in [0.3, 0.4) is 0 Å². The van der Waals surface area contributed by atoms with Gasteiger partial charge < -0.3 is 4.84 Å². The average Bonchev–Trinajstić information content (AvgIpc) is 2.60. The molecule has 1 N–H and O–H groups in total. The Balaban J connectivity index is 2.41. The largest absolute Gasteiger partial charge is 0.413 e. The van der Waals surface area contributed by atoms with Crippen LogP contribution in [0.2, 0.25) is 0 Å². The van der Waals surface area contributed by atoms with E-state index in [0.717, 1.165) is 11.3 Å². The lowest BCUT2D eigenvalue weighted by atomic mass is 9.92. The van der Waals surface area contributed by atoms with Gasteiger partial charge in [-0.15, -0.1) is 5.48 Å². The predicted molar refractivity (Wildman–Crippen MR) is 58.4 cm³/mol. The highest BCUT2D eigenvalue weighted by molar-refractivity contribution is 5.40. The van der Waals surface area contributed by atoms with Gasteiger partial charge in [-0.2, -0.15) is 0 Å². The SMILES string of the molecule is CC1=CC(C)(c2cccc([N+](=O)[O-])c2)NO1. The summed E-state index contributed by atoms with van der Waals surface area (Å²) in [5, 5.41) is 10.7. The van der Waals surface area contributed by atoms with Crippen LogP contribution in [-0.2, 0) is 10.4 Å². The Labute approximate surface area is 92.8 Å².